The number of aromatic nitrogens is 2. The summed E-state index contributed by atoms with van der Waals surface area (Å²) >= 11 is 6.08. The lowest BCUT2D eigenvalue weighted by Crippen LogP contribution is -2.02. The van der Waals surface area contributed by atoms with Crippen LogP contribution in [0.15, 0.2) is 24.5 Å². The van der Waals surface area contributed by atoms with Gasteiger partial charge in [-0.25, -0.2) is 4.98 Å². The molecule has 1 fully saturated rings. The largest absolute Gasteiger partial charge is 0.370 e. The molecule has 0 aliphatic carbocycles. The highest BCUT2D eigenvalue weighted by molar-refractivity contribution is 6.33. The third-order valence-corrected chi connectivity index (χ3v) is 3.09. The Kier molecular flexibility index (Phi) is 2.15. The summed E-state index contributed by atoms with van der Waals surface area (Å²) < 4.78 is 7.63. The maximum absolute atomic E-state index is 6.08. The van der Waals surface area contributed by atoms with Gasteiger partial charge in [0.25, 0.3) is 0 Å². The number of rotatable bonds is 1. The van der Waals surface area contributed by atoms with Gasteiger partial charge in [-0.15, -0.1) is 0 Å². The van der Waals surface area contributed by atoms with Gasteiger partial charge in [0, 0.05) is 12.8 Å². The first-order valence-electron chi connectivity index (χ1n) is 5.09. The predicted molar refractivity (Wildman–Crippen MR) is 58.1 cm³/mol. The average Bonchev–Trinajstić information content (AvgIpc) is 2.85. The van der Waals surface area contributed by atoms with Crippen LogP contribution in [0.5, 0.6) is 0 Å². The van der Waals surface area contributed by atoms with Crippen LogP contribution in [0, 0.1) is 0 Å². The van der Waals surface area contributed by atoms with Crippen LogP contribution >= 0.6 is 11.6 Å². The van der Waals surface area contributed by atoms with Gasteiger partial charge in [-0.2, -0.15) is 0 Å². The lowest BCUT2D eigenvalue weighted by molar-refractivity contribution is 0.104. The highest BCUT2D eigenvalue weighted by Crippen LogP contribution is 2.29. The van der Waals surface area contributed by atoms with Gasteiger partial charge in [-0.1, -0.05) is 11.6 Å². The topological polar surface area (TPSA) is 26.5 Å². The van der Waals surface area contributed by atoms with Crippen LogP contribution in [0.4, 0.5) is 0 Å². The molecule has 0 bridgehead atoms. The molecule has 78 valence electrons. The first-order valence-corrected chi connectivity index (χ1v) is 5.47. The molecule has 0 saturated carbocycles. The van der Waals surface area contributed by atoms with E-state index in [2.05, 4.69) is 4.98 Å². The van der Waals surface area contributed by atoms with Crippen LogP contribution in [0.1, 0.15) is 24.8 Å². The van der Waals surface area contributed by atoms with E-state index in [-0.39, 0.29) is 6.10 Å². The van der Waals surface area contributed by atoms with Crippen molar-refractivity contribution in [2.75, 3.05) is 6.61 Å². The van der Waals surface area contributed by atoms with E-state index < -0.39 is 0 Å². The number of ether oxygens (including phenoxy) is 1. The van der Waals surface area contributed by atoms with Crippen LogP contribution in [0.3, 0.4) is 0 Å². The Morgan fingerprint density at radius 2 is 2.47 bits per heavy atom. The fourth-order valence-corrected chi connectivity index (χ4v) is 2.24. The van der Waals surface area contributed by atoms with Crippen molar-refractivity contribution in [3.63, 3.8) is 0 Å². The summed E-state index contributed by atoms with van der Waals surface area (Å²) in [6.07, 6.45) is 6.07. The molecule has 1 aliphatic heterocycles. The second-order valence-corrected chi connectivity index (χ2v) is 4.14. The standard InChI is InChI=1S/C11H11ClN2O/c12-8-3-1-5-14-9(8)7-13-11(14)10-4-2-6-15-10/h1,3,5,7,10H,2,4,6H2. The minimum atomic E-state index is 0.131. The van der Waals surface area contributed by atoms with Gasteiger partial charge in [0.1, 0.15) is 11.9 Å². The molecule has 0 radical (unpaired) electrons. The van der Waals surface area contributed by atoms with Gasteiger partial charge in [0.05, 0.1) is 16.7 Å². The summed E-state index contributed by atoms with van der Waals surface area (Å²) in [5.74, 6) is 0.963. The minimum absolute atomic E-state index is 0.131. The van der Waals surface area contributed by atoms with Gasteiger partial charge in [-0.05, 0) is 25.0 Å². The monoisotopic (exact) mass is 222 g/mol. The van der Waals surface area contributed by atoms with E-state index in [1.54, 1.807) is 6.20 Å². The van der Waals surface area contributed by atoms with Gasteiger partial charge in [-0.3, -0.25) is 0 Å². The van der Waals surface area contributed by atoms with Gasteiger partial charge in [0.15, 0.2) is 0 Å². The first kappa shape index (κ1) is 9.19. The molecule has 15 heavy (non-hydrogen) atoms. The van der Waals surface area contributed by atoms with Crippen molar-refractivity contribution in [1.82, 2.24) is 9.38 Å². The number of halogens is 1. The molecule has 3 rings (SSSR count). The Balaban J connectivity index is 2.15. The number of pyridine rings is 1. The van der Waals surface area contributed by atoms with Crippen LogP contribution < -0.4 is 0 Å². The van der Waals surface area contributed by atoms with Crippen LogP contribution in [-0.2, 0) is 4.74 Å². The van der Waals surface area contributed by atoms with E-state index in [1.807, 2.05) is 22.7 Å². The molecule has 0 N–H and O–H groups in total. The molecule has 0 amide bonds. The zero-order valence-corrected chi connectivity index (χ0v) is 8.94. The fourth-order valence-electron chi connectivity index (χ4n) is 2.03. The van der Waals surface area contributed by atoms with Gasteiger partial charge in [0.2, 0.25) is 0 Å². The fraction of sp³-hybridized carbons (Fsp3) is 0.364. The molecule has 0 spiro atoms. The lowest BCUT2D eigenvalue weighted by Gasteiger charge is -2.08. The molecule has 1 aliphatic rings. The van der Waals surface area contributed by atoms with Crippen molar-refractivity contribution in [2.45, 2.75) is 18.9 Å². The molecular weight excluding hydrogens is 212 g/mol. The third-order valence-electron chi connectivity index (χ3n) is 2.77. The Labute approximate surface area is 92.6 Å². The van der Waals surface area contributed by atoms with E-state index in [0.29, 0.717) is 0 Å². The molecule has 0 aromatic carbocycles. The second kappa shape index (κ2) is 3.51. The highest BCUT2D eigenvalue weighted by Gasteiger charge is 2.22. The zero-order chi connectivity index (χ0) is 10.3. The molecule has 3 nitrogen and oxygen atoms in total. The Bertz CT molecular complexity index is 488. The SMILES string of the molecule is Clc1cccn2c(C3CCCO3)ncc12. The van der Waals surface area contributed by atoms with Gasteiger partial charge < -0.3 is 9.14 Å². The third kappa shape index (κ3) is 1.43. The molecule has 2 aromatic heterocycles. The maximum atomic E-state index is 6.08. The van der Waals surface area contributed by atoms with Crippen LogP contribution in [-0.4, -0.2) is 16.0 Å². The number of hydrogen-bond donors (Lipinski definition) is 0. The number of fused-ring (bicyclic) bond motifs is 1. The summed E-state index contributed by atoms with van der Waals surface area (Å²) in [6.45, 7) is 0.833. The van der Waals surface area contributed by atoms with Crippen molar-refractivity contribution < 1.29 is 4.74 Å². The van der Waals surface area contributed by atoms with Crippen molar-refractivity contribution in [1.29, 1.82) is 0 Å². The summed E-state index contributed by atoms with van der Waals surface area (Å²) in [5, 5.41) is 0.731. The zero-order valence-electron chi connectivity index (χ0n) is 8.19. The Morgan fingerprint density at radius 3 is 3.27 bits per heavy atom. The van der Waals surface area contributed by atoms with E-state index >= 15 is 0 Å². The van der Waals surface area contributed by atoms with Crippen molar-refractivity contribution >= 4 is 17.1 Å². The van der Waals surface area contributed by atoms with Crippen molar-refractivity contribution in [2.24, 2.45) is 0 Å². The van der Waals surface area contributed by atoms with E-state index in [1.165, 1.54) is 0 Å². The van der Waals surface area contributed by atoms with Gasteiger partial charge >= 0.3 is 0 Å². The maximum Gasteiger partial charge on any atom is 0.142 e. The predicted octanol–water partition coefficient (Wildman–Crippen LogP) is 2.84. The van der Waals surface area contributed by atoms with Crippen LogP contribution in [0.2, 0.25) is 5.02 Å². The molecule has 2 aromatic rings. The molecule has 4 heteroatoms. The Hall–Kier alpha value is -1.06. The highest BCUT2D eigenvalue weighted by atomic mass is 35.5. The normalized spacial score (nSPS) is 21.3. The summed E-state index contributed by atoms with van der Waals surface area (Å²) in [7, 11) is 0. The molecular formula is C11H11ClN2O. The average molecular weight is 223 g/mol. The summed E-state index contributed by atoms with van der Waals surface area (Å²) in [4.78, 5) is 4.39. The Morgan fingerprint density at radius 1 is 1.53 bits per heavy atom. The number of hydrogen-bond acceptors (Lipinski definition) is 2. The molecule has 3 heterocycles. The van der Waals surface area contributed by atoms with Crippen molar-refractivity contribution in [3.05, 3.63) is 35.4 Å². The molecule has 1 unspecified atom stereocenters. The summed E-state index contributed by atoms with van der Waals surface area (Å²) in [5.41, 5.74) is 0.949. The van der Waals surface area contributed by atoms with E-state index in [4.69, 9.17) is 16.3 Å². The number of imidazole rings is 1. The number of nitrogens with zero attached hydrogens (tertiary/aromatic N) is 2. The van der Waals surface area contributed by atoms with Crippen LogP contribution in [0.25, 0.3) is 5.52 Å². The minimum Gasteiger partial charge on any atom is -0.370 e. The quantitative estimate of drug-likeness (QED) is 0.742. The molecule has 1 saturated heterocycles. The second-order valence-electron chi connectivity index (χ2n) is 3.73. The summed E-state index contributed by atoms with van der Waals surface area (Å²) in [6, 6.07) is 3.80. The molecule has 1 atom stereocenters. The lowest BCUT2D eigenvalue weighted by atomic mass is 10.2. The smallest absolute Gasteiger partial charge is 0.142 e. The van der Waals surface area contributed by atoms with E-state index in [0.717, 1.165) is 35.8 Å². The first-order chi connectivity index (χ1) is 7.36. The van der Waals surface area contributed by atoms with E-state index in [9.17, 15) is 0 Å². The van der Waals surface area contributed by atoms with Crippen molar-refractivity contribution in [3.8, 4) is 0 Å².